The molecule has 4 heteroatoms. The van der Waals surface area contributed by atoms with Crippen LogP contribution in [0.4, 0.5) is 11.4 Å². The summed E-state index contributed by atoms with van der Waals surface area (Å²) < 4.78 is 0. The van der Waals surface area contributed by atoms with Crippen LogP contribution in [-0.2, 0) is 4.79 Å². The van der Waals surface area contributed by atoms with Crippen LogP contribution in [0.25, 0.3) is 0 Å². The first-order valence-corrected chi connectivity index (χ1v) is 10.1. The molecule has 0 bridgehead atoms. The molecule has 146 valence electrons. The van der Waals surface area contributed by atoms with Crippen LogP contribution in [0.1, 0.15) is 51.4 Å². The summed E-state index contributed by atoms with van der Waals surface area (Å²) in [4.78, 5) is 11.8. The number of aliphatic hydroxyl groups is 1. The largest absolute Gasteiger partial charge is 0.391 e. The summed E-state index contributed by atoms with van der Waals surface area (Å²) in [7, 11) is 0. The minimum atomic E-state index is -0.299. The Kier molecular flexibility index (Phi) is 10.0. The second-order valence-electron chi connectivity index (χ2n) is 6.97. The number of aliphatic hydroxyl groups excluding tert-OH is 1. The molecule has 1 amide bonds. The van der Waals surface area contributed by atoms with Gasteiger partial charge < -0.3 is 15.7 Å². The van der Waals surface area contributed by atoms with E-state index in [4.69, 9.17) is 0 Å². The maximum Gasteiger partial charge on any atom is 0.224 e. The number of rotatable bonds is 13. The second-order valence-corrected chi connectivity index (χ2v) is 6.97. The van der Waals surface area contributed by atoms with Crippen LogP contribution in [0, 0.1) is 0 Å². The molecule has 0 fully saturated rings. The summed E-state index contributed by atoms with van der Waals surface area (Å²) in [5.74, 6) is 0.0928. The lowest BCUT2D eigenvalue weighted by molar-refractivity contribution is -0.116. The SMILES string of the molecule is O=C(CCCCCCCCC(O)CNc1ccccc1)Nc1ccccc1. The fourth-order valence-electron chi connectivity index (χ4n) is 3.01. The zero-order valence-electron chi connectivity index (χ0n) is 16.1. The third-order valence-corrected chi connectivity index (χ3v) is 4.56. The number of anilines is 2. The number of carbonyl (C=O) groups excluding carboxylic acids is 1. The number of para-hydroxylation sites is 2. The van der Waals surface area contributed by atoms with Gasteiger partial charge in [-0.2, -0.15) is 0 Å². The van der Waals surface area contributed by atoms with Gasteiger partial charge in [0.25, 0.3) is 0 Å². The van der Waals surface area contributed by atoms with Crippen LogP contribution < -0.4 is 10.6 Å². The van der Waals surface area contributed by atoms with Crippen molar-refractivity contribution in [3.05, 3.63) is 60.7 Å². The highest BCUT2D eigenvalue weighted by Gasteiger charge is 2.04. The Labute approximate surface area is 163 Å². The topological polar surface area (TPSA) is 61.4 Å². The summed E-state index contributed by atoms with van der Waals surface area (Å²) in [5.41, 5.74) is 1.91. The van der Waals surface area contributed by atoms with Crippen LogP contribution in [0.5, 0.6) is 0 Å². The van der Waals surface area contributed by atoms with Gasteiger partial charge in [-0.05, 0) is 37.1 Å². The van der Waals surface area contributed by atoms with E-state index >= 15 is 0 Å². The highest BCUT2D eigenvalue weighted by molar-refractivity contribution is 5.90. The van der Waals surface area contributed by atoms with Gasteiger partial charge in [0, 0.05) is 24.3 Å². The molecule has 2 aromatic rings. The predicted molar refractivity (Wildman–Crippen MR) is 113 cm³/mol. The Morgan fingerprint density at radius 3 is 2.00 bits per heavy atom. The number of carbonyl (C=O) groups is 1. The number of hydrogen-bond acceptors (Lipinski definition) is 3. The van der Waals surface area contributed by atoms with E-state index in [1.165, 1.54) is 6.42 Å². The lowest BCUT2D eigenvalue weighted by Crippen LogP contribution is -2.19. The normalized spacial score (nSPS) is 11.7. The molecule has 27 heavy (non-hydrogen) atoms. The van der Waals surface area contributed by atoms with E-state index in [-0.39, 0.29) is 12.0 Å². The van der Waals surface area contributed by atoms with Gasteiger partial charge in [0.1, 0.15) is 0 Å². The van der Waals surface area contributed by atoms with E-state index < -0.39 is 0 Å². The van der Waals surface area contributed by atoms with Crippen LogP contribution in [0.3, 0.4) is 0 Å². The van der Waals surface area contributed by atoms with E-state index in [9.17, 15) is 9.90 Å². The first kappa shape index (κ1) is 21.0. The molecule has 4 nitrogen and oxygen atoms in total. The molecule has 0 aliphatic heterocycles. The van der Waals surface area contributed by atoms with Crippen LogP contribution in [-0.4, -0.2) is 23.7 Å². The van der Waals surface area contributed by atoms with Gasteiger partial charge >= 0.3 is 0 Å². The molecule has 1 atom stereocenters. The third kappa shape index (κ3) is 9.80. The van der Waals surface area contributed by atoms with Crippen molar-refractivity contribution in [1.29, 1.82) is 0 Å². The standard InChI is InChI=1S/C23H32N2O2/c26-22(19-24-20-13-7-5-8-14-20)17-11-3-1-2-4-12-18-23(27)25-21-15-9-6-10-16-21/h5-10,13-16,22,24,26H,1-4,11-12,17-19H2,(H,25,27). The Morgan fingerprint density at radius 1 is 0.778 bits per heavy atom. The summed E-state index contributed by atoms with van der Waals surface area (Å²) in [6.07, 6.45) is 7.63. The third-order valence-electron chi connectivity index (χ3n) is 4.56. The average molecular weight is 369 g/mol. The Balaban J connectivity index is 1.40. The number of nitrogens with one attached hydrogen (secondary N) is 2. The van der Waals surface area contributed by atoms with Crippen molar-refractivity contribution in [3.63, 3.8) is 0 Å². The summed E-state index contributed by atoms with van der Waals surface area (Å²) >= 11 is 0. The molecule has 0 saturated heterocycles. The first-order valence-electron chi connectivity index (χ1n) is 10.1. The Bertz CT molecular complexity index is 631. The van der Waals surface area contributed by atoms with Crippen molar-refractivity contribution < 1.29 is 9.90 Å². The van der Waals surface area contributed by atoms with Gasteiger partial charge in [0.2, 0.25) is 5.91 Å². The molecular formula is C23H32N2O2. The molecule has 0 saturated carbocycles. The fraction of sp³-hybridized carbons (Fsp3) is 0.435. The number of hydrogen-bond donors (Lipinski definition) is 3. The van der Waals surface area contributed by atoms with E-state index in [0.717, 1.165) is 49.9 Å². The van der Waals surface area contributed by atoms with E-state index in [1.54, 1.807) is 0 Å². The molecular weight excluding hydrogens is 336 g/mol. The average Bonchev–Trinajstić information content (AvgIpc) is 2.70. The van der Waals surface area contributed by atoms with E-state index in [2.05, 4.69) is 10.6 Å². The van der Waals surface area contributed by atoms with E-state index in [0.29, 0.717) is 13.0 Å². The monoisotopic (exact) mass is 368 g/mol. The van der Waals surface area contributed by atoms with Crippen molar-refractivity contribution in [2.75, 3.05) is 17.2 Å². The Hall–Kier alpha value is -2.33. The predicted octanol–water partition coefficient (Wildman–Crippen LogP) is 5.22. The molecule has 2 aromatic carbocycles. The second kappa shape index (κ2) is 12.9. The lowest BCUT2D eigenvalue weighted by atomic mass is 10.1. The zero-order valence-corrected chi connectivity index (χ0v) is 16.1. The molecule has 0 heterocycles. The van der Waals surface area contributed by atoms with Crippen molar-refractivity contribution in [3.8, 4) is 0 Å². The maximum absolute atomic E-state index is 11.8. The molecule has 2 rings (SSSR count). The van der Waals surface area contributed by atoms with E-state index in [1.807, 2.05) is 60.7 Å². The van der Waals surface area contributed by atoms with Gasteiger partial charge in [-0.3, -0.25) is 4.79 Å². The molecule has 0 spiro atoms. The fourth-order valence-corrected chi connectivity index (χ4v) is 3.01. The summed E-state index contributed by atoms with van der Waals surface area (Å²) in [6, 6.07) is 19.6. The molecule has 0 aliphatic rings. The first-order chi connectivity index (χ1) is 13.2. The van der Waals surface area contributed by atoms with Crippen LogP contribution in [0.15, 0.2) is 60.7 Å². The minimum absolute atomic E-state index is 0.0928. The Morgan fingerprint density at radius 2 is 1.33 bits per heavy atom. The highest BCUT2D eigenvalue weighted by Crippen LogP contribution is 2.12. The summed E-state index contributed by atoms with van der Waals surface area (Å²) in [6.45, 7) is 0.598. The number of unbranched alkanes of at least 4 members (excludes halogenated alkanes) is 5. The van der Waals surface area contributed by atoms with Crippen LogP contribution in [0.2, 0.25) is 0 Å². The van der Waals surface area contributed by atoms with Gasteiger partial charge in [-0.25, -0.2) is 0 Å². The highest BCUT2D eigenvalue weighted by atomic mass is 16.3. The van der Waals surface area contributed by atoms with Gasteiger partial charge in [-0.1, -0.05) is 68.5 Å². The number of benzene rings is 2. The van der Waals surface area contributed by atoms with Crippen LogP contribution >= 0.6 is 0 Å². The zero-order chi connectivity index (χ0) is 19.2. The van der Waals surface area contributed by atoms with Crippen molar-refractivity contribution >= 4 is 17.3 Å². The van der Waals surface area contributed by atoms with Gasteiger partial charge in [-0.15, -0.1) is 0 Å². The molecule has 1 unspecified atom stereocenters. The molecule has 0 radical (unpaired) electrons. The molecule has 0 aromatic heterocycles. The molecule has 3 N–H and O–H groups in total. The van der Waals surface area contributed by atoms with Crippen molar-refractivity contribution in [2.45, 2.75) is 57.5 Å². The molecule has 0 aliphatic carbocycles. The maximum atomic E-state index is 11.8. The van der Waals surface area contributed by atoms with Gasteiger partial charge in [0.15, 0.2) is 0 Å². The quantitative estimate of drug-likeness (QED) is 0.425. The van der Waals surface area contributed by atoms with Gasteiger partial charge in [0.05, 0.1) is 6.10 Å². The smallest absolute Gasteiger partial charge is 0.224 e. The minimum Gasteiger partial charge on any atom is -0.391 e. The number of amides is 1. The van der Waals surface area contributed by atoms with Crippen molar-refractivity contribution in [2.24, 2.45) is 0 Å². The lowest BCUT2D eigenvalue weighted by Gasteiger charge is -2.12. The summed E-state index contributed by atoms with van der Waals surface area (Å²) in [5, 5.41) is 16.2. The van der Waals surface area contributed by atoms with Crippen molar-refractivity contribution in [1.82, 2.24) is 0 Å².